The van der Waals surface area contributed by atoms with E-state index >= 15 is 0 Å². The van der Waals surface area contributed by atoms with Crippen LogP contribution in [-0.2, 0) is 11.8 Å². The number of carbonyl (C=O) groups excluding carboxylic acids is 2. The van der Waals surface area contributed by atoms with E-state index in [0.29, 0.717) is 23.0 Å². The number of carbonyl (C=O) groups is 2. The molecular weight excluding hydrogens is 438 g/mol. The average molecular weight is 472 g/mol. The van der Waals surface area contributed by atoms with Crippen molar-refractivity contribution in [3.05, 3.63) is 29.8 Å². The fourth-order valence-corrected chi connectivity index (χ4v) is 5.56. The van der Waals surface area contributed by atoms with Crippen molar-refractivity contribution >= 4 is 29.3 Å². The summed E-state index contributed by atoms with van der Waals surface area (Å²) >= 11 is 1.27. The molecule has 178 valence electrons. The molecule has 1 saturated heterocycles. The molecule has 10 heteroatoms. The number of likely N-dealkylation sites (tertiary alicyclic amines) is 1. The topological polar surface area (TPSA) is 105 Å². The van der Waals surface area contributed by atoms with Crippen molar-refractivity contribution in [1.82, 2.24) is 30.4 Å². The van der Waals surface area contributed by atoms with Gasteiger partial charge in [0.1, 0.15) is 0 Å². The molecule has 0 spiro atoms. The van der Waals surface area contributed by atoms with Gasteiger partial charge >= 0.3 is 0 Å². The van der Waals surface area contributed by atoms with E-state index in [2.05, 4.69) is 31.1 Å². The van der Waals surface area contributed by atoms with Crippen LogP contribution in [-0.4, -0.2) is 67.8 Å². The van der Waals surface area contributed by atoms with Gasteiger partial charge in [0.25, 0.3) is 5.91 Å². The second-order valence-corrected chi connectivity index (χ2v) is 9.96. The van der Waals surface area contributed by atoms with Crippen LogP contribution in [0.4, 0.5) is 5.69 Å². The molecule has 2 amide bonds. The van der Waals surface area contributed by atoms with Crippen molar-refractivity contribution in [2.45, 2.75) is 62.1 Å². The SMILES string of the molecule is Cn1nnnc1SCC(=O)Nc1ccc(C(=O)NCC2(N3CCCCC3)CCCCC2)cc1. The quantitative estimate of drug-likeness (QED) is 0.570. The van der Waals surface area contributed by atoms with Crippen LogP contribution in [0, 0.1) is 0 Å². The fraction of sp³-hybridized carbons (Fsp3) is 0.609. The maximum atomic E-state index is 12.9. The maximum absolute atomic E-state index is 12.9. The van der Waals surface area contributed by atoms with Gasteiger partial charge in [0.2, 0.25) is 11.1 Å². The highest BCUT2D eigenvalue weighted by atomic mass is 32.2. The molecule has 0 unspecified atom stereocenters. The summed E-state index contributed by atoms with van der Waals surface area (Å²) in [6.07, 6.45) is 9.95. The first-order valence-electron chi connectivity index (χ1n) is 11.8. The lowest BCUT2D eigenvalue weighted by atomic mass is 9.79. The van der Waals surface area contributed by atoms with Crippen molar-refractivity contribution < 1.29 is 9.59 Å². The minimum atomic E-state index is -0.152. The van der Waals surface area contributed by atoms with Gasteiger partial charge in [-0.2, -0.15) is 0 Å². The van der Waals surface area contributed by atoms with E-state index in [1.807, 2.05) is 0 Å². The predicted octanol–water partition coefficient (Wildman–Crippen LogP) is 2.86. The number of nitrogens with one attached hydrogen (secondary N) is 2. The molecule has 0 atom stereocenters. The van der Waals surface area contributed by atoms with Crippen LogP contribution in [0.15, 0.2) is 29.4 Å². The zero-order chi connectivity index (χ0) is 23.1. The number of aryl methyl sites for hydroxylation is 1. The van der Waals surface area contributed by atoms with E-state index in [9.17, 15) is 9.59 Å². The Balaban J connectivity index is 1.29. The number of hydrogen-bond acceptors (Lipinski definition) is 7. The summed E-state index contributed by atoms with van der Waals surface area (Å²) in [5, 5.41) is 17.8. The summed E-state index contributed by atoms with van der Waals surface area (Å²) in [6, 6.07) is 7.06. The molecule has 1 aliphatic carbocycles. The number of anilines is 1. The molecule has 2 N–H and O–H groups in total. The third kappa shape index (κ3) is 6.11. The van der Waals surface area contributed by atoms with Crippen LogP contribution in [0.3, 0.4) is 0 Å². The van der Waals surface area contributed by atoms with Gasteiger partial charge in [0, 0.05) is 30.4 Å². The number of amides is 2. The van der Waals surface area contributed by atoms with E-state index in [1.165, 1.54) is 67.8 Å². The predicted molar refractivity (Wildman–Crippen MR) is 128 cm³/mol. The Hall–Kier alpha value is -2.46. The van der Waals surface area contributed by atoms with Crippen LogP contribution in [0.2, 0.25) is 0 Å². The van der Waals surface area contributed by atoms with Crippen molar-refractivity contribution in [3.8, 4) is 0 Å². The molecule has 2 aliphatic rings. The summed E-state index contributed by atoms with van der Waals surface area (Å²) in [5.74, 6) is -0.00387. The van der Waals surface area contributed by atoms with Crippen molar-refractivity contribution in [3.63, 3.8) is 0 Å². The Morgan fingerprint density at radius 2 is 1.73 bits per heavy atom. The highest BCUT2D eigenvalue weighted by Crippen LogP contribution is 2.35. The van der Waals surface area contributed by atoms with Crippen LogP contribution in [0.1, 0.15) is 61.7 Å². The van der Waals surface area contributed by atoms with E-state index in [0.717, 1.165) is 13.1 Å². The fourth-order valence-electron chi connectivity index (χ4n) is 4.91. The maximum Gasteiger partial charge on any atom is 0.251 e. The molecule has 1 aromatic carbocycles. The van der Waals surface area contributed by atoms with E-state index < -0.39 is 0 Å². The lowest BCUT2D eigenvalue weighted by molar-refractivity contribution is -0.113. The monoisotopic (exact) mass is 471 g/mol. The van der Waals surface area contributed by atoms with Crippen LogP contribution >= 0.6 is 11.8 Å². The summed E-state index contributed by atoms with van der Waals surface area (Å²) in [7, 11) is 1.73. The van der Waals surface area contributed by atoms with Crippen LogP contribution < -0.4 is 10.6 Å². The first-order valence-corrected chi connectivity index (χ1v) is 12.8. The van der Waals surface area contributed by atoms with E-state index in [1.54, 1.807) is 31.3 Å². The lowest BCUT2D eigenvalue weighted by Gasteiger charge is -2.48. The van der Waals surface area contributed by atoms with Crippen LogP contribution in [0.25, 0.3) is 0 Å². The first-order chi connectivity index (χ1) is 16.1. The van der Waals surface area contributed by atoms with Crippen molar-refractivity contribution in [1.29, 1.82) is 0 Å². The van der Waals surface area contributed by atoms with E-state index in [-0.39, 0.29) is 23.1 Å². The molecule has 2 aromatic rings. The zero-order valence-corrected chi connectivity index (χ0v) is 20.1. The summed E-state index contributed by atoms with van der Waals surface area (Å²) in [4.78, 5) is 27.7. The third-order valence-corrected chi connectivity index (χ3v) is 7.74. The number of hydrogen-bond donors (Lipinski definition) is 2. The molecule has 0 bridgehead atoms. The number of nitrogens with zero attached hydrogens (tertiary/aromatic N) is 5. The van der Waals surface area contributed by atoms with Gasteiger partial charge in [-0.25, -0.2) is 4.68 Å². The Bertz CT molecular complexity index is 935. The molecule has 9 nitrogen and oxygen atoms in total. The molecule has 1 aliphatic heterocycles. The second-order valence-electron chi connectivity index (χ2n) is 9.01. The largest absolute Gasteiger partial charge is 0.350 e. The van der Waals surface area contributed by atoms with Crippen molar-refractivity contribution in [2.24, 2.45) is 7.05 Å². The highest BCUT2D eigenvalue weighted by molar-refractivity contribution is 7.99. The van der Waals surface area contributed by atoms with Gasteiger partial charge < -0.3 is 10.6 Å². The molecule has 1 saturated carbocycles. The normalized spacial score (nSPS) is 18.6. The van der Waals surface area contributed by atoms with Gasteiger partial charge in [-0.05, 0) is 73.5 Å². The molecule has 4 rings (SSSR count). The number of piperidine rings is 1. The number of benzene rings is 1. The Morgan fingerprint density at radius 1 is 1.03 bits per heavy atom. The number of aromatic nitrogens is 4. The third-order valence-electron chi connectivity index (χ3n) is 6.73. The van der Waals surface area contributed by atoms with Gasteiger partial charge in [0.05, 0.1) is 5.75 Å². The zero-order valence-electron chi connectivity index (χ0n) is 19.3. The van der Waals surface area contributed by atoms with Gasteiger partial charge in [0.15, 0.2) is 0 Å². The minimum absolute atomic E-state index is 0.0554. The summed E-state index contributed by atoms with van der Waals surface area (Å²) in [6.45, 7) is 3.00. The van der Waals surface area contributed by atoms with Gasteiger partial charge in [-0.1, -0.05) is 37.4 Å². The molecular formula is C23H33N7O2S. The summed E-state index contributed by atoms with van der Waals surface area (Å²) < 4.78 is 1.52. The second kappa shape index (κ2) is 11.1. The summed E-state index contributed by atoms with van der Waals surface area (Å²) in [5.41, 5.74) is 1.38. The first kappa shape index (κ1) is 23.7. The molecule has 0 radical (unpaired) electrons. The average Bonchev–Trinajstić information content (AvgIpc) is 3.27. The Morgan fingerprint density at radius 3 is 2.39 bits per heavy atom. The number of thioether (sulfide) groups is 1. The Labute approximate surface area is 199 Å². The Kier molecular flexibility index (Phi) is 7.97. The highest BCUT2D eigenvalue weighted by Gasteiger charge is 2.38. The number of rotatable bonds is 8. The molecule has 33 heavy (non-hydrogen) atoms. The smallest absolute Gasteiger partial charge is 0.251 e. The van der Waals surface area contributed by atoms with Gasteiger partial charge in [-0.3, -0.25) is 14.5 Å². The van der Waals surface area contributed by atoms with E-state index in [4.69, 9.17) is 0 Å². The van der Waals surface area contributed by atoms with Gasteiger partial charge in [-0.15, -0.1) is 5.10 Å². The molecule has 2 fully saturated rings. The molecule has 2 heterocycles. The number of tetrazole rings is 1. The molecule has 1 aromatic heterocycles. The standard InChI is InChI=1S/C23H33N7O2S/c1-29-22(26-27-28-29)33-16-20(31)25-19-10-8-18(9-11-19)21(32)24-17-23(12-4-2-5-13-23)30-14-6-3-7-15-30/h8-11H,2-7,12-17H2,1H3,(H,24,32)(H,25,31). The minimum Gasteiger partial charge on any atom is -0.350 e. The van der Waals surface area contributed by atoms with Crippen LogP contribution in [0.5, 0.6) is 0 Å². The lowest BCUT2D eigenvalue weighted by Crippen LogP contribution is -2.58. The van der Waals surface area contributed by atoms with Crippen molar-refractivity contribution in [2.75, 3.05) is 30.7 Å².